The number of aliphatic hydroxyl groups is 1. The molecule has 19 heteroatoms. The van der Waals surface area contributed by atoms with Gasteiger partial charge in [-0.1, -0.05) is 19.1 Å². The Bertz CT molecular complexity index is 2110. The summed E-state index contributed by atoms with van der Waals surface area (Å²) < 4.78 is 10.8. The van der Waals surface area contributed by atoms with Gasteiger partial charge in [0.2, 0.25) is 0 Å². The van der Waals surface area contributed by atoms with Gasteiger partial charge in [-0.2, -0.15) is 25.1 Å². The Kier molecular flexibility index (Phi) is 9.62. The van der Waals surface area contributed by atoms with Crippen LogP contribution in [-0.2, 0) is 18.8 Å². The molecule has 0 saturated heterocycles. The molecule has 0 radical (unpaired) electrons. The molecule has 0 aliphatic carbocycles. The summed E-state index contributed by atoms with van der Waals surface area (Å²) >= 11 is 0. The Labute approximate surface area is 290 Å². The van der Waals surface area contributed by atoms with E-state index < -0.39 is 24.3 Å². The van der Waals surface area contributed by atoms with E-state index in [1.807, 2.05) is 19.9 Å². The second-order valence-corrected chi connectivity index (χ2v) is 11.1. The number of nitrogens with zero attached hydrogens (tertiary/aromatic N) is 14. The molecule has 0 saturated carbocycles. The van der Waals surface area contributed by atoms with Gasteiger partial charge in [0.1, 0.15) is 23.6 Å². The van der Waals surface area contributed by atoms with Gasteiger partial charge >= 0.3 is 5.97 Å². The van der Waals surface area contributed by atoms with Gasteiger partial charge in [0, 0.05) is 26.5 Å². The van der Waals surface area contributed by atoms with Crippen molar-refractivity contribution in [1.82, 2.24) is 49.1 Å². The predicted molar refractivity (Wildman–Crippen MR) is 182 cm³/mol. The molecule has 6 aromatic heterocycles. The van der Waals surface area contributed by atoms with E-state index in [4.69, 9.17) is 20.7 Å². The zero-order valence-electron chi connectivity index (χ0n) is 28.3. The van der Waals surface area contributed by atoms with Crippen molar-refractivity contribution in [2.24, 2.45) is 34.6 Å². The molecule has 6 rings (SSSR count). The van der Waals surface area contributed by atoms with E-state index in [0.29, 0.717) is 40.8 Å². The lowest BCUT2D eigenvalue weighted by molar-refractivity contribution is 0.0601. The van der Waals surface area contributed by atoms with Gasteiger partial charge in [-0.3, -0.25) is 4.79 Å². The molecule has 6 heterocycles. The minimum Gasteiger partial charge on any atom is -0.465 e. The smallest absolute Gasteiger partial charge is 0.343 e. The molecule has 0 aliphatic rings. The van der Waals surface area contributed by atoms with Crippen LogP contribution < -0.4 is 5.73 Å². The Morgan fingerprint density at radius 3 is 1.96 bits per heavy atom. The first-order chi connectivity index (χ1) is 24.7. The maximum absolute atomic E-state index is 12.5. The first-order valence-electron chi connectivity index (χ1n) is 15.6. The van der Waals surface area contributed by atoms with Gasteiger partial charge in [0.05, 0.1) is 42.4 Å². The normalized spacial score (nSPS) is 12.3. The SMILES string of the molecule is CCC(c1nn(-c2ccccn2)c(C)c1/N=N/c1c(C(=O)OC)cnn1C)c1nn(-c2ccccn2)c(N)c1/N=N/c1c(C(=O)CO)cnn1C. The number of anilines is 1. The fraction of sp³-hybridized carbons (Fsp3) is 0.250. The van der Waals surface area contributed by atoms with Crippen LogP contribution in [0.3, 0.4) is 0 Å². The molecule has 51 heavy (non-hydrogen) atoms. The quantitative estimate of drug-likeness (QED) is 0.103. The van der Waals surface area contributed by atoms with Crippen LogP contribution in [-0.4, -0.2) is 79.7 Å². The maximum Gasteiger partial charge on any atom is 0.343 e. The summed E-state index contributed by atoms with van der Waals surface area (Å²) in [7, 11) is 4.50. The number of nitrogen functional groups attached to an aromatic ring is 1. The molecule has 260 valence electrons. The summed E-state index contributed by atoms with van der Waals surface area (Å²) in [5.74, 6) is -0.452. The average molecular weight is 692 g/mol. The van der Waals surface area contributed by atoms with Crippen molar-refractivity contribution in [3.8, 4) is 11.6 Å². The standard InChI is InChI=1S/C32H33N15O4/c1-6-19(26-25(18(2)46(42-26)23-11-7-9-13-34-23)38-41-31-21(32(50)51-5)16-37-45(31)4)27-28(29(33)47(43-27)24-12-8-10-14-35-24)39-40-30-20(22(49)17-48)15-36-44(30)3/h7-16,19,48H,6,17,33H2,1-5H3/b40-39+,41-38+. The molecule has 3 N–H and O–H groups in total. The molecule has 0 amide bonds. The van der Waals surface area contributed by atoms with Crippen molar-refractivity contribution in [3.05, 3.63) is 89.4 Å². The van der Waals surface area contributed by atoms with E-state index in [-0.39, 0.29) is 34.3 Å². The number of rotatable bonds is 12. The van der Waals surface area contributed by atoms with Crippen molar-refractivity contribution in [2.75, 3.05) is 19.5 Å². The number of aliphatic hydroxyl groups excluding tert-OH is 1. The Balaban J connectivity index is 1.56. The first-order valence-corrected chi connectivity index (χ1v) is 15.6. The second-order valence-electron chi connectivity index (χ2n) is 11.1. The van der Waals surface area contributed by atoms with Crippen LogP contribution in [0.5, 0.6) is 0 Å². The molecule has 0 aliphatic heterocycles. The van der Waals surface area contributed by atoms with Crippen molar-refractivity contribution in [2.45, 2.75) is 26.2 Å². The molecule has 0 aromatic carbocycles. The van der Waals surface area contributed by atoms with Crippen molar-refractivity contribution in [1.29, 1.82) is 0 Å². The summed E-state index contributed by atoms with van der Waals surface area (Å²) in [5, 5.41) is 45.6. The fourth-order valence-corrected chi connectivity index (χ4v) is 5.35. The number of pyridine rings is 2. The van der Waals surface area contributed by atoms with Crippen molar-refractivity contribution in [3.63, 3.8) is 0 Å². The van der Waals surface area contributed by atoms with Crippen LogP contribution in [0.1, 0.15) is 57.1 Å². The predicted octanol–water partition coefficient (Wildman–Crippen LogP) is 4.54. The summed E-state index contributed by atoms with van der Waals surface area (Å²) in [5.41, 5.74) is 8.91. The van der Waals surface area contributed by atoms with E-state index in [2.05, 4.69) is 40.6 Å². The molecule has 0 bridgehead atoms. The molecule has 1 atom stereocenters. The highest BCUT2D eigenvalue weighted by Crippen LogP contribution is 2.43. The van der Waals surface area contributed by atoms with Gasteiger partial charge < -0.3 is 15.6 Å². The van der Waals surface area contributed by atoms with Crippen LogP contribution in [0.2, 0.25) is 0 Å². The largest absolute Gasteiger partial charge is 0.465 e. The number of ketones is 1. The number of esters is 1. The topological polar surface area (TPSA) is 236 Å². The van der Waals surface area contributed by atoms with E-state index in [1.54, 1.807) is 61.5 Å². The number of carbonyl (C=O) groups excluding carboxylic acids is 2. The number of nitrogens with two attached hydrogens (primary N) is 1. The Hall–Kier alpha value is -6.76. The van der Waals surface area contributed by atoms with E-state index in [1.165, 1.54) is 33.5 Å². The lowest BCUT2D eigenvalue weighted by Crippen LogP contribution is -2.07. The molecule has 0 spiro atoms. The summed E-state index contributed by atoms with van der Waals surface area (Å²) in [6, 6.07) is 10.7. The van der Waals surface area contributed by atoms with E-state index in [0.717, 1.165) is 0 Å². The van der Waals surface area contributed by atoms with Crippen LogP contribution in [0.4, 0.5) is 28.8 Å². The lowest BCUT2D eigenvalue weighted by Gasteiger charge is -2.11. The summed E-state index contributed by atoms with van der Waals surface area (Å²) in [4.78, 5) is 33.8. The minimum absolute atomic E-state index is 0.0851. The molecule has 1 unspecified atom stereocenters. The fourth-order valence-electron chi connectivity index (χ4n) is 5.35. The van der Waals surface area contributed by atoms with Crippen LogP contribution in [0.25, 0.3) is 11.6 Å². The van der Waals surface area contributed by atoms with E-state index in [9.17, 15) is 14.7 Å². The Morgan fingerprint density at radius 2 is 1.39 bits per heavy atom. The zero-order chi connectivity index (χ0) is 36.2. The minimum atomic E-state index is -0.729. The number of hydrogen-bond donors (Lipinski definition) is 2. The van der Waals surface area contributed by atoms with Gasteiger partial charge in [-0.15, -0.1) is 20.5 Å². The lowest BCUT2D eigenvalue weighted by atomic mass is 9.96. The third-order valence-corrected chi connectivity index (χ3v) is 7.99. The van der Waals surface area contributed by atoms with Gasteiger partial charge in [-0.25, -0.2) is 28.8 Å². The molecule has 6 aromatic rings. The van der Waals surface area contributed by atoms with Gasteiger partial charge in [0.25, 0.3) is 0 Å². The highest BCUT2D eigenvalue weighted by Gasteiger charge is 2.31. The molecular formula is C32H33N15O4. The average Bonchev–Trinajstić information content (AvgIpc) is 3.90. The van der Waals surface area contributed by atoms with E-state index >= 15 is 0 Å². The third kappa shape index (κ3) is 6.39. The number of hydrogen-bond acceptors (Lipinski definition) is 15. The van der Waals surface area contributed by atoms with Gasteiger partial charge in [-0.05, 0) is 37.6 Å². The highest BCUT2D eigenvalue weighted by atomic mass is 16.5. The van der Waals surface area contributed by atoms with Crippen LogP contribution in [0, 0.1) is 6.92 Å². The molecular weight excluding hydrogens is 658 g/mol. The number of carbonyl (C=O) groups is 2. The van der Waals surface area contributed by atoms with Crippen LogP contribution >= 0.6 is 0 Å². The Morgan fingerprint density at radius 1 is 0.843 bits per heavy atom. The summed E-state index contributed by atoms with van der Waals surface area (Å²) in [6.45, 7) is 3.03. The number of aromatic nitrogens is 10. The van der Waals surface area contributed by atoms with Gasteiger partial charge in [0.15, 0.2) is 40.6 Å². The number of Topliss-reactive ketones (excluding diaryl/α,β-unsaturated/α-hetero) is 1. The van der Waals surface area contributed by atoms with Crippen molar-refractivity contribution < 1.29 is 19.4 Å². The van der Waals surface area contributed by atoms with Crippen molar-refractivity contribution >= 4 is 40.6 Å². The second kappa shape index (κ2) is 14.4. The molecule has 0 fully saturated rings. The number of methoxy groups -OCH3 is 1. The first kappa shape index (κ1) is 34.1. The number of ether oxygens (including phenoxy) is 1. The summed E-state index contributed by atoms with van der Waals surface area (Å²) in [6.07, 6.45) is 6.35. The maximum atomic E-state index is 12.5. The third-order valence-electron chi connectivity index (χ3n) is 7.99. The van der Waals surface area contributed by atoms with Crippen LogP contribution in [0.15, 0.2) is 81.6 Å². The highest BCUT2D eigenvalue weighted by molar-refractivity contribution is 6.00. The number of azo groups is 2. The molecule has 19 nitrogen and oxygen atoms in total. The monoisotopic (exact) mass is 691 g/mol. The number of aryl methyl sites for hydroxylation is 2. The zero-order valence-corrected chi connectivity index (χ0v) is 28.3.